The number of rotatable bonds is 3. The van der Waals surface area contributed by atoms with Crippen molar-refractivity contribution < 1.29 is 4.79 Å². The van der Waals surface area contributed by atoms with Crippen LogP contribution in [0.2, 0.25) is 0 Å². The van der Waals surface area contributed by atoms with Gasteiger partial charge in [0.15, 0.2) is 5.78 Å². The van der Waals surface area contributed by atoms with E-state index in [1.165, 1.54) is 0 Å². The molecule has 0 spiro atoms. The Morgan fingerprint density at radius 3 is 2.76 bits per heavy atom. The van der Waals surface area contributed by atoms with Crippen LogP contribution in [-0.2, 0) is 6.42 Å². The number of aromatic nitrogens is 1. The molecule has 104 valence electrons. The number of nitrogen functional groups attached to an aromatic ring is 1. The van der Waals surface area contributed by atoms with E-state index in [4.69, 9.17) is 5.73 Å². The van der Waals surface area contributed by atoms with Crippen molar-refractivity contribution in [3.05, 3.63) is 70.3 Å². The lowest BCUT2D eigenvalue weighted by Gasteiger charge is -2.06. The Morgan fingerprint density at radius 1 is 1.10 bits per heavy atom. The van der Waals surface area contributed by atoms with E-state index in [1.54, 1.807) is 12.1 Å². The van der Waals surface area contributed by atoms with Crippen molar-refractivity contribution in [1.29, 1.82) is 0 Å². The zero-order chi connectivity index (χ0) is 14.8. The lowest BCUT2D eigenvalue weighted by atomic mass is 10.0. The van der Waals surface area contributed by atoms with Gasteiger partial charge in [-0.3, -0.25) is 9.78 Å². The van der Waals surface area contributed by atoms with Gasteiger partial charge in [-0.15, -0.1) is 0 Å². The Balaban J connectivity index is 1.90. The van der Waals surface area contributed by atoms with Crippen LogP contribution in [-0.4, -0.2) is 10.8 Å². The summed E-state index contributed by atoms with van der Waals surface area (Å²) in [6.45, 7) is 0. The number of pyridine rings is 1. The van der Waals surface area contributed by atoms with Crippen LogP contribution in [0.1, 0.15) is 16.1 Å². The first-order valence-electron chi connectivity index (χ1n) is 6.56. The van der Waals surface area contributed by atoms with E-state index < -0.39 is 0 Å². The number of para-hydroxylation sites is 1. The number of hydrogen-bond donors (Lipinski definition) is 1. The molecule has 1 heterocycles. The number of Topliss-reactive ketones (excluding diaryl/α,β-unsaturated/α-hetero) is 1. The first kappa shape index (κ1) is 13.8. The molecule has 0 fully saturated rings. The molecule has 1 aromatic heterocycles. The maximum atomic E-state index is 12.4. The number of anilines is 1. The monoisotopic (exact) mass is 340 g/mol. The van der Waals surface area contributed by atoms with Crippen molar-refractivity contribution in [3.8, 4) is 0 Å². The van der Waals surface area contributed by atoms with Crippen molar-refractivity contribution in [2.45, 2.75) is 6.42 Å². The summed E-state index contributed by atoms with van der Waals surface area (Å²) in [5.41, 5.74) is 8.53. The van der Waals surface area contributed by atoms with Crippen LogP contribution in [0.3, 0.4) is 0 Å². The number of ketones is 1. The van der Waals surface area contributed by atoms with E-state index in [0.717, 1.165) is 21.1 Å². The highest BCUT2D eigenvalue weighted by molar-refractivity contribution is 9.10. The largest absolute Gasteiger partial charge is 0.398 e. The van der Waals surface area contributed by atoms with E-state index >= 15 is 0 Å². The molecule has 0 saturated carbocycles. The van der Waals surface area contributed by atoms with Gasteiger partial charge < -0.3 is 5.73 Å². The van der Waals surface area contributed by atoms with E-state index in [-0.39, 0.29) is 12.2 Å². The molecule has 0 amide bonds. The van der Waals surface area contributed by atoms with Crippen LogP contribution >= 0.6 is 15.9 Å². The summed E-state index contributed by atoms with van der Waals surface area (Å²) in [5.74, 6) is -0.0309. The van der Waals surface area contributed by atoms with E-state index in [0.29, 0.717) is 11.3 Å². The normalized spacial score (nSPS) is 10.7. The minimum atomic E-state index is -0.0309. The van der Waals surface area contributed by atoms with Crippen molar-refractivity contribution in [3.63, 3.8) is 0 Å². The fourth-order valence-electron chi connectivity index (χ4n) is 2.24. The fraction of sp³-hybridized carbons (Fsp3) is 0.0588. The maximum absolute atomic E-state index is 12.4. The molecule has 0 aliphatic rings. The van der Waals surface area contributed by atoms with Gasteiger partial charge in [0.2, 0.25) is 0 Å². The number of nitrogens with two attached hydrogens (primary N) is 1. The summed E-state index contributed by atoms with van der Waals surface area (Å²) in [4.78, 5) is 16.9. The van der Waals surface area contributed by atoms with E-state index in [2.05, 4.69) is 20.9 Å². The minimum absolute atomic E-state index is 0.0309. The SMILES string of the molecule is Nc1ccc(Br)cc1C(=O)Cc1ccc2ccccc2n1. The summed E-state index contributed by atoms with van der Waals surface area (Å²) in [6, 6.07) is 17.0. The number of fused-ring (bicyclic) bond motifs is 1. The maximum Gasteiger partial charge on any atom is 0.170 e. The second kappa shape index (κ2) is 5.66. The average molecular weight is 341 g/mol. The van der Waals surface area contributed by atoms with Crippen molar-refractivity contribution in [2.24, 2.45) is 0 Å². The zero-order valence-corrected chi connectivity index (χ0v) is 12.8. The zero-order valence-electron chi connectivity index (χ0n) is 11.2. The standard InChI is InChI=1S/C17H13BrN2O/c18-12-6-8-15(19)14(9-12)17(21)10-13-7-5-11-3-1-2-4-16(11)20-13/h1-9H,10,19H2. The molecule has 0 aliphatic carbocycles. The molecular weight excluding hydrogens is 328 g/mol. The molecule has 0 radical (unpaired) electrons. The third kappa shape index (κ3) is 2.95. The van der Waals surface area contributed by atoms with Gasteiger partial charge in [-0.25, -0.2) is 0 Å². The van der Waals surface area contributed by atoms with E-state index in [9.17, 15) is 4.79 Å². The van der Waals surface area contributed by atoms with Gasteiger partial charge in [0, 0.05) is 26.8 Å². The predicted molar refractivity (Wildman–Crippen MR) is 88.3 cm³/mol. The number of benzene rings is 2. The van der Waals surface area contributed by atoms with Crippen LogP contribution in [0, 0.1) is 0 Å². The minimum Gasteiger partial charge on any atom is -0.398 e. The van der Waals surface area contributed by atoms with Gasteiger partial charge in [-0.2, -0.15) is 0 Å². The lowest BCUT2D eigenvalue weighted by Crippen LogP contribution is -2.08. The smallest absolute Gasteiger partial charge is 0.170 e. The number of halogens is 1. The Labute approximate surface area is 130 Å². The summed E-state index contributed by atoms with van der Waals surface area (Å²) in [6.07, 6.45) is 0.242. The van der Waals surface area contributed by atoms with Gasteiger partial charge in [-0.1, -0.05) is 40.2 Å². The second-order valence-electron chi connectivity index (χ2n) is 4.83. The van der Waals surface area contributed by atoms with Gasteiger partial charge in [0.1, 0.15) is 0 Å². The molecule has 0 unspecified atom stereocenters. The third-order valence-electron chi connectivity index (χ3n) is 3.31. The summed E-state index contributed by atoms with van der Waals surface area (Å²) in [7, 11) is 0. The number of hydrogen-bond acceptors (Lipinski definition) is 3. The average Bonchev–Trinajstić information content (AvgIpc) is 2.49. The third-order valence-corrected chi connectivity index (χ3v) is 3.81. The lowest BCUT2D eigenvalue weighted by molar-refractivity contribution is 0.0993. The van der Waals surface area contributed by atoms with Crippen LogP contribution in [0.15, 0.2) is 59.1 Å². The summed E-state index contributed by atoms with van der Waals surface area (Å²) >= 11 is 3.36. The molecule has 0 atom stereocenters. The fourth-order valence-corrected chi connectivity index (χ4v) is 2.60. The quantitative estimate of drug-likeness (QED) is 0.579. The van der Waals surface area contributed by atoms with Gasteiger partial charge in [-0.05, 0) is 30.3 Å². The Morgan fingerprint density at radius 2 is 1.90 bits per heavy atom. The molecule has 3 nitrogen and oxygen atoms in total. The second-order valence-corrected chi connectivity index (χ2v) is 5.74. The van der Waals surface area contributed by atoms with Crippen LogP contribution in [0.5, 0.6) is 0 Å². The molecule has 2 aromatic carbocycles. The van der Waals surface area contributed by atoms with Gasteiger partial charge in [0.05, 0.1) is 11.9 Å². The molecule has 21 heavy (non-hydrogen) atoms. The van der Waals surface area contributed by atoms with Crippen LogP contribution < -0.4 is 5.73 Å². The molecule has 3 rings (SSSR count). The molecule has 0 bridgehead atoms. The van der Waals surface area contributed by atoms with Crippen molar-refractivity contribution in [2.75, 3.05) is 5.73 Å². The first-order chi connectivity index (χ1) is 10.1. The Bertz CT molecular complexity index is 830. The van der Waals surface area contributed by atoms with E-state index in [1.807, 2.05) is 42.5 Å². The Kier molecular flexibility index (Phi) is 3.71. The highest BCUT2D eigenvalue weighted by atomic mass is 79.9. The number of nitrogens with zero attached hydrogens (tertiary/aromatic N) is 1. The molecule has 0 aliphatic heterocycles. The Hall–Kier alpha value is -2.20. The topological polar surface area (TPSA) is 56.0 Å². The summed E-state index contributed by atoms with van der Waals surface area (Å²) < 4.78 is 0.839. The highest BCUT2D eigenvalue weighted by Gasteiger charge is 2.12. The van der Waals surface area contributed by atoms with Crippen LogP contribution in [0.4, 0.5) is 5.69 Å². The number of carbonyl (C=O) groups is 1. The van der Waals surface area contributed by atoms with Crippen molar-refractivity contribution in [1.82, 2.24) is 4.98 Å². The first-order valence-corrected chi connectivity index (χ1v) is 7.36. The van der Waals surface area contributed by atoms with Gasteiger partial charge >= 0.3 is 0 Å². The molecule has 3 aromatic rings. The molecular formula is C17H13BrN2O. The van der Waals surface area contributed by atoms with Crippen molar-refractivity contribution >= 4 is 38.3 Å². The molecule has 2 N–H and O–H groups in total. The number of carbonyl (C=O) groups excluding carboxylic acids is 1. The highest BCUT2D eigenvalue weighted by Crippen LogP contribution is 2.20. The van der Waals surface area contributed by atoms with Crippen LogP contribution in [0.25, 0.3) is 10.9 Å². The predicted octanol–water partition coefficient (Wildman–Crippen LogP) is 4.00. The molecule has 4 heteroatoms. The molecule has 0 saturated heterocycles. The summed E-state index contributed by atoms with van der Waals surface area (Å²) in [5, 5.41) is 1.07. The van der Waals surface area contributed by atoms with Gasteiger partial charge in [0.25, 0.3) is 0 Å².